The number of amides is 1. The minimum absolute atomic E-state index is 0.215. The Balaban J connectivity index is 1.68. The number of hydrogen-bond acceptors (Lipinski definition) is 5. The van der Waals surface area contributed by atoms with Crippen LogP contribution in [0.5, 0.6) is 11.5 Å². The largest absolute Gasteiger partial charge is 0.497 e. The van der Waals surface area contributed by atoms with Crippen molar-refractivity contribution in [2.24, 2.45) is 0 Å². The van der Waals surface area contributed by atoms with E-state index in [9.17, 15) is 9.59 Å². The predicted octanol–water partition coefficient (Wildman–Crippen LogP) is 4.97. The van der Waals surface area contributed by atoms with E-state index in [4.69, 9.17) is 33.3 Å². The number of aromatic amines is 1. The highest BCUT2D eigenvalue weighted by Crippen LogP contribution is 2.27. The summed E-state index contributed by atoms with van der Waals surface area (Å²) in [7, 11) is 3.08. The Morgan fingerprint density at radius 3 is 2.44 bits per heavy atom. The smallest absolute Gasteiger partial charge is 0.266 e. The molecule has 7 nitrogen and oxygen atoms in total. The van der Waals surface area contributed by atoms with Crippen LogP contribution in [-0.4, -0.2) is 29.7 Å². The number of ether oxygens (including phenoxy) is 2. The lowest BCUT2D eigenvalue weighted by Crippen LogP contribution is -2.21. The highest BCUT2D eigenvalue weighted by Gasteiger charge is 2.13. The van der Waals surface area contributed by atoms with Gasteiger partial charge < -0.3 is 19.8 Å². The molecule has 3 aromatic carbocycles. The summed E-state index contributed by atoms with van der Waals surface area (Å²) >= 11 is 11.5. The Bertz CT molecular complexity index is 1440. The van der Waals surface area contributed by atoms with E-state index in [1.807, 2.05) is 0 Å². The summed E-state index contributed by atoms with van der Waals surface area (Å²) < 4.78 is 11.9. The number of carbonyl (C=O) groups excluding carboxylic acids is 1. The van der Waals surface area contributed by atoms with Gasteiger partial charge in [-0.1, -0.05) is 11.6 Å². The maximum absolute atomic E-state index is 13.1. The number of H-pyrrole nitrogens is 1. The van der Waals surface area contributed by atoms with Crippen molar-refractivity contribution >= 4 is 46.3 Å². The van der Waals surface area contributed by atoms with E-state index < -0.39 is 0 Å². The molecule has 2 N–H and O–H groups in total. The van der Waals surface area contributed by atoms with Crippen LogP contribution in [0.25, 0.3) is 16.6 Å². The SMILES string of the molecule is COc1ccc(-n2c(=S)[nH]c3cc(C(=O)Nc4ccc(OC)c(Cl)c4)ccc3c2=O)cc1. The van der Waals surface area contributed by atoms with Gasteiger partial charge in [-0.05, 0) is 72.9 Å². The van der Waals surface area contributed by atoms with Crippen LogP contribution in [0.3, 0.4) is 0 Å². The van der Waals surface area contributed by atoms with Gasteiger partial charge in [0.25, 0.3) is 11.5 Å². The number of halogens is 1. The number of anilines is 1. The summed E-state index contributed by atoms with van der Waals surface area (Å²) in [5, 5.41) is 3.56. The molecule has 0 saturated carbocycles. The molecule has 0 unspecified atom stereocenters. The van der Waals surface area contributed by atoms with Gasteiger partial charge in [0, 0.05) is 11.3 Å². The fourth-order valence-electron chi connectivity index (χ4n) is 3.27. The molecule has 9 heteroatoms. The molecule has 32 heavy (non-hydrogen) atoms. The normalized spacial score (nSPS) is 10.7. The Morgan fingerprint density at radius 1 is 1.03 bits per heavy atom. The first kappa shape index (κ1) is 21.6. The first-order chi connectivity index (χ1) is 15.4. The van der Waals surface area contributed by atoms with Gasteiger partial charge in [0.2, 0.25) is 0 Å². The number of methoxy groups -OCH3 is 2. The summed E-state index contributed by atoms with van der Waals surface area (Å²) in [6.45, 7) is 0. The second-order valence-electron chi connectivity index (χ2n) is 6.83. The molecule has 1 heterocycles. The summed E-state index contributed by atoms with van der Waals surface area (Å²) in [5.41, 5.74) is 1.66. The highest BCUT2D eigenvalue weighted by atomic mass is 35.5. The summed E-state index contributed by atoms with van der Waals surface area (Å²) in [6, 6.07) is 16.7. The standard InChI is InChI=1S/C23H18ClN3O4S/c1-30-16-7-5-15(6-8-16)27-22(29)17-9-3-13(11-19(17)26-23(27)32)21(28)25-14-4-10-20(31-2)18(24)12-14/h3-12H,1-2H3,(H,25,28)(H,26,32). The van der Waals surface area contributed by atoms with Crippen LogP contribution in [0.2, 0.25) is 5.02 Å². The van der Waals surface area contributed by atoms with Gasteiger partial charge in [0.05, 0.1) is 35.8 Å². The predicted molar refractivity (Wildman–Crippen MR) is 127 cm³/mol. The molecule has 0 aliphatic rings. The molecule has 0 aliphatic heterocycles. The molecule has 162 valence electrons. The third kappa shape index (κ3) is 4.10. The first-order valence-electron chi connectivity index (χ1n) is 9.49. The average Bonchev–Trinajstić information content (AvgIpc) is 2.79. The number of fused-ring (bicyclic) bond motifs is 1. The van der Waals surface area contributed by atoms with Crippen LogP contribution in [0.1, 0.15) is 10.4 Å². The van der Waals surface area contributed by atoms with Crippen LogP contribution < -0.4 is 20.3 Å². The van der Waals surface area contributed by atoms with Crippen molar-refractivity contribution in [1.29, 1.82) is 0 Å². The molecule has 0 atom stereocenters. The van der Waals surface area contributed by atoms with Crippen molar-refractivity contribution in [1.82, 2.24) is 9.55 Å². The summed E-state index contributed by atoms with van der Waals surface area (Å²) in [5.74, 6) is 0.828. The van der Waals surface area contributed by atoms with Crippen LogP contribution in [0, 0.1) is 4.77 Å². The molecular weight excluding hydrogens is 450 g/mol. The van der Waals surface area contributed by atoms with E-state index in [0.717, 1.165) is 0 Å². The van der Waals surface area contributed by atoms with E-state index in [1.54, 1.807) is 67.8 Å². The van der Waals surface area contributed by atoms with Crippen molar-refractivity contribution in [2.45, 2.75) is 0 Å². The monoisotopic (exact) mass is 467 g/mol. The number of rotatable bonds is 5. The number of nitrogens with zero attached hydrogens (tertiary/aromatic N) is 1. The topological polar surface area (TPSA) is 85.3 Å². The number of nitrogens with one attached hydrogen (secondary N) is 2. The minimum atomic E-state index is -0.355. The number of carbonyl (C=O) groups is 1. The molecular formula is C23H18ClN3O4S. The summed E-state index contributed by atoms with van der Waals surface area (Å²) in [6.07, 6.45) is 0. The maximum atomic E-state index is 13.1. The van der Waals surface area contributed by atoms with Gasteiger partial charge in [0.15, 0.2) is 4.77 Å². The molecule has 1 aromatic heterocycles. The van der Waals surface area contributed by atoms with Gasteiger partial charge in [-0.2, -0.15) is 0 Å². The van der Waals surface area contributed by atoms with Crippen molar-refractivity contribution in [3.8, 4) is 17.2 Å². The Kier molecular flexibility index (Phi) is 5.98. The third-order valence-electron chi connectivity index (χ3n) is 4.90. The molecule has 1 amide bonds. The molecule has 0 bridgehead atoms. The quantitative estimate of drug-likeness (QED) is 0.405. The van der Waals surface area contributed by atoms with Gasteiger partial charge in [-0.15, -0.1) is 0 Å². The van der Waals surface area contributed by atoms with Gasteiger partial charge >= 0.3 is 0 Å². The zero-order chi connectivity index (χ0) is 22.8. The maximum Gasteiger partial charge on any atom is 0.266 e. The molecule has 0 fully saturated rings. The van der Waals surface area contributed by atoms with Crippen molar-refractivity contribution in [2.75, 3.05) is 19.5 Å². The third-order valence-corrected chi connectivity index (χ3v) is 5.48. The van der Waals surface area contributed by atoms with E-state index in [-0.39, 0.29) is 16.2 Å². The molecule has 0 aliphatic carbocycles. The van der Waals surface area contributed by atoms with E-state index in [1.165, 1.54) is 11.7 Å². The van der Waals surface area contributed by atoms with Gasteiger partial charge in [-0.3, -0.25) is 14.2 Å². The Morgan fingerprint density at radius 2 is 1.78 bits per heavy atom. The van der Waals surface area contributed by atoms with E-state index in [0.29, 0.717) is 44.4 Å². The van der Waals surface area contributed by atoms with E-state index >= 15 is 0 Å². The number of benzene rings is 3. The van der Waals surface area contributed by atoms with Crippen molar-refractivity contribution in [3.63, 3.8) is 0 Å². The highest BCUT2D eigenvalue weighted by molar-refractivity contribution is 7.71. The van der Waals surface area contributed by atoms with Crippen molar-refractivity contribution < 1.29 is 14.3 Å². The van der Waals surface area contributed by atoms with Crippen LogP contribution in [0.4, 0.5) is 5.69 Å². The Hall–Kier alpha value is -3.62. The Labute approximate surface area is 193 Å². The van der Waals surface area contributed by atoms with Crippen LogP contribution in [0.15, 0.2) is 65.5 Å². The van der Waals surface area contributed by atoms with Crippen molar-refractivity contribution in [3.05, 3.63) is 86.4 Å². The second-order valence-corrected chi connectivity index (χ2v) is 7.63. The lowest BCUT2D eigenvalue weighted by molar-refractivity contribution is 0.102. The molecule has 0 spiro atoms. The second kappa shape index (κ2) is 8.86. The first-order valence-corrected chi connectivity index (χ1v) is 10.3. The minimum Gasteiger partial charge on any atom is -0.497 e. The lowest BCUT2D eigenvalue weighted by Gasteiger charge is -2.11. The fourth-order valence-corrected chi connectivity index (χ4v) is 3.83. The van der Waals surface area contributed by atoms with E-state index in [2.05, 4.69) is 10.3 Å². The summed E-state index contributed by atoms with van der Waals surface area (Å²) in [4.78, 5) is 28.9. The lowest BCUT2D eigenvalue weighted by atomic mass is 10.1. The molecule has 4 rings (SSSR count). The van der Waals surface area contributed by atoms with Crippen LogP contribution >= 0.6 is 23.8 Å². The zero-order valence-corrected chi connectivity index (χ0v) is 18.7. The number of aromatic nitrogens is 2. The molecule has 4 aromatic rings. The van der Waals surface area contributed by atoms with Gasteiger partial charge in [-0.25, -0.2) is 0 Å². The molecule has 0 saturated heterocycles. The number of hydrogen-bond donors (Lipinski definition) is 2. The van der Waals surface area contributed by atoms with Crippen LogP contribution in [-0.2, 0) is 0 Å². The fraction of sp³-hybridized carbons (Fsp3) is 0.0870. The molecule has 0 radical (unpaired) electrons. The zero-order valence-electron chi connectivity index (χ0n) is 17.1. The van der Waals surface area contributed by atoms with Gasteiger partial charge in [0.1, 0.15) is 11.5 Å². The average molecular weight is 468 g/mol.